The third-order valence-electron chi connectivity index (χ3n) is 1.93. The quantitative estimate of drug-likeness (QED) is 0.617. The van der Waals surface area contributed by atoms with Crippen molar-refractivity contribution in [2.75, 3.05) is 0 Å². The molecule has 0 spiro atoms. The van der Waals surface area contributed by atoms with Crippen LogP contribution in [0.5, 0.6) is 11.5 Å². The van der Waals surface area contributed by atoms with Crippen LogP contribution in [0.1, 0.15) is 18.9 Å². The van der Waals surface area contributed by atoms with Gasteiger partial charge < -0.3 is 15.9 Å². The van der Waals surface area contributed by atoms with Gasteiger partial charge in [-0.1, -0.05) is 0 Å². The van der Waals surface area contributed by atoms with E-state index >= 15 is 0 Å². The van der Waals surface area contributed by atoms with Crippen molar-refractivity contribution >= 4 is 0 Å². The van der Waals surface area contributed by atoms with Crippen molar-refractivity contribution in [1.29, 1.82) is 0 Å². The van der Waals surface area contributed by atoms with Gasteiger partial charge in [-0.3, -0.25) is 0 Å². The molecule has 0 aliphatic rings. The minimum atomic E-state index is 0.113. The summed E-state index contributed by atoms with van der Waals surface area (Å²) in [5.41, 5.74) is 6.33. The molecule has 3 nitrogen and oxygen atoms in total. The Bertz CT molecular complexity index is 284. The monoisotopic (exact) mass is 181 g/mol. The van der Waals surface area contributed by atoms with Gasteiger partial charge >= 0.3 is 0 Å². The number of hydrogen-bond acceptors (Lipinski definition) is 3. The van der Waals surface area contributed by atoms with Crippen LogP contribution in [0, 0.1) is 0 Å². The molecule has 0 saturated carbocycles. The Hall–Kier alpha value is -1.22. The molecule has 4 N–H and O–H groups in total. The Morgan fingerprint density at radius 3 is 2.69 bits per heavy atom. The molecule has 0 heterocycles. The Morgan fingerprint density at radius 2 is 2.08 bits per heavy atom. The molecule has 0 aliphatic heterocycles. The first kappa shape index (κ1) is 9.86. The van der Waals surface area contributed by atoms with Gasteiger partial charge in [0.1, 0.15) is 11.5 Å². The average Bonchev–Trinajstić information content (AvgIpc) is 2.06. The second-order valence-corrected chi connectivity index (χ2v) is 3.33. The summed E-state index contributed by atoms with van der Waals surface area (Å²) >= 11 is 0. The molecular formula is C10H15NO2. The Kier molecular flexibility index (Phi) is 3.14. The van der Waals surface area contributed by atoms with E-state index in [9.17, 15) is 5.11 Å². The van der Waals surface area contributed by atoms with Crippen molar-refractivity contribution in [3.05, 3.63) is 23.8 Å². The van der Waals surface area contributed by atoms with Crippen LogP contribution in [0.2, 0.25) is 0 Å². The Labute approximate surface area is 77.8 Å². The molecule has 0 fully saturated rings. The Balaban J connectivity index is 2.70. The molecule has 72 valence electrons. The van der Waals surface area contributed by atoms with E-state index < -0.39 is 0 Å². The molecule has 3 heteroatoms. The Morgan fingerprint density at radius 1 is 1.38 bits per heavy atom. The van der Waals surface area contributed by atoms with Gasteiger partial charge in [-0.2, -0.15) is 0 Å². The summed E-state index contributed by atoms with van der Waals surface area (Å²) < 4.78 is 0. The lowest BCUT2D eigenvalue weighted by atomic mass is 10.1. The van der Waals surface area contributed by atoms with E-state index in [4.69, 9.17) is 10.8 Å². The van der Waals surface area contributed by atoms with Crippen LogP contribution in [0.25, 0.3) is 0 Å². The maximum atomic E-state index is 9.40. The lowest BCUT2D eigenvalue weighted by Gasteiger charge is -2.07. The summed E-state index contributed by atoms with van der Waals surface area (Å²) in [6.45, 7) is 1.92. The fraction of sp³-hybridized carbons (Fsp3) is 0.400. The van der Waals surface area contributed by atoms with Gasteiger partial charge in [0.2, 0.25) is 0 Å². The number of aryl methyl sites for hydroxylation is 1. The number of phenolic OH excluding ortho intramolecular Hbond substituents is 2. The summed E-state index contributed by atoms with van der Waals surface area (Å²) in [7, 11) is 0. The van der Waals surface area contributed by atoms with E-state index in [2.05, 4.69) is 0 Å². The van der Waals surface area contributed by atoms with Crippen LogP contribution in [-0.4, -0.2) is 16.3 Å². The lowest BCUT2D eigenvalue weighted by molar-refractivity contribution is 0.452. The fourth-order valence-electron chi connectivity index (χ4n) is 1.16. The van der Waals surface area contributed by atoms with E-state index in [1.54, 1.807) is 6.07 Å². The topological polar surface area (TPSA) is 66.5 Å². The van der Waals surface area contributed by atoms with Gasteiger partial charge in [-0.05, 0) is 43.5 Å². The highest BCUT2D eigenvalue weighted by molar-refractivity contribution is 5.38. The van der Waals surface area contributed by atoms with Crippen molar-refractivity contribution in [3.8, 4) is 11.5 Å². The summed E-state index contributed by atoms with van der Waals surface area (Å²) in [6.07, 6.45) is 1.49. The van der Waals surface area contributed by atoms with Crippen LogP contribution in [0.4, 0.5) is 0 Å². The summed E-state index contributed by atoms with van der Waals surface area (Å²) in [6, 6.07) is 4.63. The number of rotatable bonds is 3. The van der Waals surface area contributed by atoms with Crippen LogP contribution >= 0.6 is 0 Å². The first-order chi connectivity index (χ1) is 6.09. The highest BCUT2D eigenvalue weighted by atomic mass is 16.3. The van der Waals surface area contributed by atoms with Gasteiger partial charge in [0, 0.05) is 6.04 Å². The van der Waals surface area contributed by atoms with Crippen LogP contribution < -0.4 is 5.73 Å². The molecule has 0 saturated heterocycles. The van der Waals surface area contributed by atoms with Crippen molar-refractivity contribution in [1.82, 2.24) is 0 Å². The van der Waals surface area contributed by atoms with Crippen LogP contribution in [0.15, 0.2) is 18.2 Å². The number of benzene rings is 1. The summed E-state index contributed by atoms with van der Waals surface area (Å²) in [4.78, 5) is 0. The average molecular weight is 181 g/mol. The van der Waals surface area contributed by atoms with Crippen LogP contribution in [-0.2, 0) is 6.42 Å². The smallest absolute Gasteiger partial charge is 0.119 e. The number of nitrogens with two attached hydrogens (primary N) is 1. The van der Waals surface area contributed by atoms with E-state index in [1.807, 2.05) is 6.92 Å². The zero-order valence-corrected chi connectivity index (χ0v) is 7.70. The SMILES string of the molecule is CC(N)CCc1cc(O)ccc1O. The lowest BCUT2D eigenvalue weighted by Crippen LogP contribution is -2.15. The molecule has 1 unspecified atom stereocenters. The third-order valence-corrected chi connectivity index (χ3v) is 1.93. The molecule has 1 atom stereocenters. The van der Waals surface area contributed by atoms with Gasteiger partial charge in [-0.15, -0.1) is 0 Å². The van der Waals surface area contributed by atoms with Crippen molar-refractivity contribution in [2.24, 2.45) is 5.73 Å². The normalized spacial score (nSPS) is 12.8. The first-order valence-corrected chi connectivity index (χ1v) is 4.36. The van der Waals surface area contributed by atoms with Gasteiger partial charge in [0.15, 0.2) is 0 Å². The number of hydrogen-bond donors (Lipinski definition) is 3. The summed E-state index contributed by atoms with van der Waals surface area (Å²) in [5, 5.41) is 18.6. The van der Waals surface area contributed by atoms with E-state index in [1.165, 1.54) is 12.1 Å². The molecule has 0 aliphatic carbocycles. The summed E-state index contributed by atoms with van der Waals surface area (Å²) in [5.74, 6) is 0.399. The second-order valence-electron chi connectivity index (χ2n) is 3.33. The predicted molar refractivity (Wildman–Crippen MR) is 51.7 cm³/mol. The molecular weight excluding hydrogens is 166 g/mol. The molecule has 1 rings (SSSR count). The zero-order chi connectivity index (χ0) is 9.84. The highest BCUT2D eigenvalue weighted by Gasteiger charge is 2.03. The van der Waals surface area contributed by atoms with Gasteiger partial charge in [0.25, 0.3) is 0 Å². The molecule has 1 aromatic carbocycles. The molecule has 1 aromatic rings. The molecule has 0 radical (unpaired) electrons. The minimum absolute atomic E-state index is 0.113. The highest BCUT2D eigenvalue weighted by Crippen LogP contribution is 2.23. The van der Waals surface area contributed by atoms with Crippen LogP contribution in [0.3, 0.4) is 0 Å². The number of phenols is 2. The maximum absolute atomic E-state index is 9.40. The predicted octanol–water partition coefficient (Wildman–Crippen LogP) is 1.38. The molecule has 0 aromatic heterocycles. The van der Waals surface area contributed by atoms with Gasteiger partial charge in [0.05, 0.1) is 0 Å². The second kappa shape index (κ2) is 4.14. The molecule has 0 bridgehead atoms. The van der Waals surface area contributed by atoms with Crippen molar-refractivity contribution in [2.45, 2.75) is 25.8 Å². The zero-order valence-electron chi connectivity index (χ0n) is 7.70. The molecule has 0 amide bonds. The van der Waals surface area contributed by atoms with Crippen molar-refractivity contribution < 1.29 is 10.2 Å². The maximum Gasteiger partial charge on any atom is 0.119 e. The standard InChI is InChI=1S/C10H15NO2/c1-7(11)2-3-8-6-9(12)4-5-10(8)13/h4-7,12-13H,2-3,11H2,1H3. The number of aromatic hydroxyl groups is 2. The minimum Gasteiger partial charge on any atom is -0.508 e. The third kappa shape index (κ3) is 2.95. The first-order valence-electron chi connectivity index (χ1n) is 4.36. The largest absolute Gasteiger partial charge is 0.508 e. The van der Waals surface area contributed by atoms with E-state index in [-0.39, 0.29) is 17.5 Å². The molecule has 13 heavy (non-hydrogen) atoms. The van der Waals surface area contributed by atoms with E-state index in [0.29, 0.717) is 6.42 Å². The fourth-order valence-corrected chi connectivity index (χ4v) is 1.16. The van der Waals surface area contributed by atoms with E-state index in [0.717, 1.165) is 12.0 Å². The van der Waals surface area contributed by atoms with Crippen molar-refractivity contribution in [3.63, 3.8) is 0 Å². The van der Waals surface area contributed by atoms with Gasteiger partial charge in [-0.25, -0.2) is 0 Å².